The van der Waals surface area contributed by atoms with E-state index in [0.29, 0.717) is 25.4 Å². The molecule has 0 radical (unpaired) electrons. The topological polar surface area (TPSA) is 64.3 Å². The summed E-state index contributed by atoms with van der Waals surface area (Å²) in [4.78, 5) is 11.6. The van der Waals surface area contributed by atoms with Gasteiger partial charge in [-0.05, 0) is 32.7 Å². The molecular weight excluding hydrogens is 204 g/mol. The zero-order valence-corrected chi connectivity index (χ0v) is 11.0. The lowest BCUT2D eigenvalue weighted by Crippen LogP contribution is -2.36. The average Bonchev–Trinajstić information content (AvgIpc) is 2.23. The van der Waals surface area contributed by atoms with Crippen LogP contribution in [0.4, 0.5) is 0 Å². The Morgan fingerprint density at radius 1 is 1.50 bits per heavy atom. The van der Waals surface area contributed by atoms with Crippen LogP contribution >= 0.6 is 0 Å². The van der Waals surface area contributed by atoms with Gasteiger partial charge in [-0.25, -0.2) is 0 Å². The number of carbonyl (C=O) groups is 1. The van der Waals surface area contributed by atoms with Gasteiger partial charge in [-0.2, -0.15) is 0 Å². The van der Waals surface area contributed by atoms with Crippen molar-refractivity contribution in [3.63, 3.8) is 0 Å². The molecule has 0 aliphatic rings. The predicted octanol–water partition coefficient (Wildman–Crippen LogP) is 1.29. The molecule has 0 rings (SSSR count). The monoisotopic (exact) mass is 230 g/mol. The fourth-order valence-corrected chi connectivity index (χ4v) is 1.47. The molecule has 4 nitrogen and oxygen atoms in total. The third kappa shape index (κ3) is 6.80. The van der Waals surface area contributed by atoms with Crippen LogP contribution in [0.5, 0.6) is 0 Å². The number of carbonyl (C=O) groups excluding carboxylic acids is 1. The Hall–Kier alpha value is -0.610. The van der Waals surface area contributed by atoms with Crippen LogP contribution in [-0.4, -0.2) is 31.7 Å². The summed E-state index contributed by atoms with van der Waals surface area (Å²) in [6.45, 7) is 7.32. The van der Waals surface area contributed by atoms with Crippen molar-refractivity contribution >= 4 is 5.91 Å². The van der Waals surface area contributed by atoms with Gasteiger partial charge in [0.25, 0.3) is 0 Å². The molecule has 96 valence electrons. The van der Waals surface area contributed by atoms with Gasteiger partial charge in [0.05, 0.1) is 12.0 Å². The lowest BCUT2D eigenvalue weighted by Gasteiger charge is -2.23. The van der Waals surface area contributed by atoms with Gasteiger partial charge < -0.3 is 15.8 Å². The van der Waals surface area contributed by atoms with E-state index in [1.54, 1.807) is 7.11 Å². The van der Waals surface area contributed by atoms with E-state index in [1.807, 2.05) is 13.8 Å². The number of amides is 1. The quantitative estimate of drug-likeness (QED) is 0.660. The van der Waals surface area contributed by atoms with Crippen LogP contribution in [0.15, 0.2) is 0 Å². The number of hydrogen-bond acceptors (Lipinski definition) is 3. The van der Waals surface area contributed by atoms with Crippen molar-refractivity contribution in [3.05, 3.63) is 0 Å². The minimum absolute atomic E-state index is 0.0438. The molecule has 0 aliphatic carbocycles. The summed E-state index contributed by atoms with van der Waals surface area (Å²) in [5.74, 6) is 0.530. The SMILES string of the molecule is CCC(CCN)CNC(=O)CC(C)(C)OC. The van der Waals surface area contributed by atoms with Crippen molar-refractivity contribution in [1.82, 2.24) is 5.32 Å². The highest BCUT2D eigenvalue weighted by molar-refractivity contribution is 5.76. The molecule has 0 aromatic heterocycles. The first-order valence-corrected chi connectivity index (χ1v) is 5.97. The maximum atomic E-state index is 11.6. The van der Waals surface area contributed by atoms with Gasteiger partial charge in [0.15, 0.2) is 0 Å². The summed E-state index contributed by atoms with van der Waals surface area (Å²) < 4.78 is 5.21. The van der Waals surface area contributed by atoms with E-state index in [1.165, 1.54) is 0 Å². The molecule has 0 aliphatic heterocycles. The van der Waals surface area contributed by atoms with Gasteiger partial charge in [0.2, 0.25) is 5.91 Å². The number of ether oxygens (including phenoxy) is 1. The smallest absolute Gasteiger partial charge is 0.222 e. The summed E-state index contributed by atoms with van der Waals surface area (Å²) in [7, 11) is 1.62. The second kappa shape index (κ2) is 7.63. The zero-order valence-electron chi connectivity index (χ0n) is 11.0. The van der Waals surface area contributed by atoms with E-state index >= 15 is 0 Å². The van der Waals surface area contributed by atoms with Crippen LogP contribution in [-0.2, 0) is 9.53 Å². The molecule has 3 N–H and O–H groups in total. The molecule has 4 heteroatoms. The van der Waals surface area contributed by atoms with Gasteiger partial charge in [-0.15, -0.1) is 0 Å². The van der Waals surface area contributed by atoms with Gasteiger partial charge in [-0.3, -0.25) is 4.79 Å². The minimum atomic E-state index is -0.389. The predicted molar refractivity (Wildman–Crippen MR) is 66.2 cm³/mol. The highest BCUT2D eigenvalue weighted by atomic mass is 16.5. The molecule has 0 spiro atoms. The summed E-state index contributed by atoms with van der Waals surface area (Å²) in [6, 6.07) is 0. The molecular formula is C12H26N2O2. The van der Waals surface area contributed by atoms with Crippen molar-refractivity contribution in [3.8, 4) is 0 Å². The fraction of sp³-hybridized carbons (Fsp3) is 0.917. The largest absolute Gasteiger partial charge is 0.378 e. The van der Waals surface area contributed by atoms with Crippen LogP contribution in [0.1, 0.15) is 40.0 Å². The number of rotatable bonds is 8. The van der Waals surface area contributed by atoms with Crippen LogP contribution < -0.4 is 11.1 Å². The number of methoxy groups -OCH3 is 1. The standard InChI is InChI=1S/C12H26N2O2/c1-5-10(6-7-13)9-14-11(15)8-12(2,3)16-4/h10H,5-9,13H2,1-4H3,(H,14,15). The number of nitrogens with one attached hydrogen (secondary N) is 1. The highest BCUT2D eigenvalue weighted by Gasteiger charge is 2.21. The first-order valence-electron chi connectivity index (χ1n) is 5.97. The second-order valence-electron chi connectivity index (χ2n) is 4.80. The molecule has 0 heterocycles. The molecule has 1 unspecified atom stereocenters. The molecule has 0 saturated carbocycles. The molecule has 0 bridgehead atoms. The Morgan fingerprint density at radius 3 is 2.56 bits per heavy atom. The fourth-order valence-electron chi connectivity index (χ4n) is 1.47. The lowest BCUT2D eigenvalue weighted by molar-refractivity contribution is -0.126. The third-order valence-electron chi connectivity index (χ3n) is 2.88. The van der Waals surface area contributed by atoms with Crippen LogP contribution in [0, 0.1) is 5.92 Å². The van der Waals surface area contributed by atoms with Crippen LogP contribution in [0.2, 0.25) is 0 Å². The molecule has 0 aromatic carbocycles. The zero-order chi connectivity index (χ0) is 12.6. The summed E-state index contributed by atoms with van der Waals surface area (Å²) in [6.07, 6.45) is 2.40. The molecule has 16 heavy (non-hydrogen) atoms. The first kappa shape index (κ1) is 15.4. The number of nitrogens with two attached hydrogens (primary N) is 1. The number of hydrogen-bond donors (Lipinski definition) is 2. The molecule has 0 fully saturated rings. The van der Waals surface area contributed by atoms with E-state index in [2.05, 4.69) is 12.2 Å². The second-order valence-corrected chi connectivity index (χ2v) is 4.80. The van der Waals surface area contributed by atoms with Crippen LogP contribution in [0.3, 0.4) is 0 Å². The van der Waals surface area contributed by atoms with Gasteiger partial charge >= 0.3 is 0 Å². The Morgan fingerprint density at radius 2 is 2.12 bits per heavy atom. The van der Waals surface area contributed by atoms with Crippen molar-refractivity contribution in [2.45, 2.75) is 45.6 Å². The molecule has 0 aromatic rings. The molecule has 1 atom stereocenters. The van der Waals surface area contributed by atoms with Crippen LogP contribution in [0.25, 0.3) is 0 Å². The van der Waals surface area contributed by atoms with Gasteiger partial charge in [0, 0.05) is 13.7 Å². The Bertz CT molecular complexity index is 205. The van der Waals surface area contributed by atoms with E-state index in [0.717, 1.165) is 12.8 Å². The Kier molecular flexibility index (Phi) is 7.34. The molecule has 1 amide bonds. The highest BCUT2D eigenvalue weighted by Crippen LogP contribution is 2.12. The normalized spacial score (nSPS) is 13.6. The van der Waals surface area contributed by atoms with Crippen molar-refractivity contribution in [2.24, 2.45) is 11.7 Å². The van der Waals surface area contributed by atoms with Crippen molar-refractivity contribution in [1.29, 1.82) is 0 Å². The average molecular weight is 230 g/mol. The third-order valence-corrected chi connectivity index (χ3v) is 2.88. The van der Waals surface area contributed by atoms with Gasteiger partial charge in [-0.1, -0.05) is 13.3 Å². The van der Waals surface area contributed by atoms with E-state index in [9.17, 15) is 4.79 Å². The van der Waals surface area contributed by atoms with Crippen molar-refractivity contribution in [2.75, 3.05) is 20.2 Å². The maximum Gasteiger partial charge on any atom is 0.222 e. The summed E-state index contributed by atoms with van der Waals surface area (Å²) in [5, 5.41) is 2.93. The van der Waals surface area contributed by atoms with E-state index in [-0.39, 0.29) is 11.5 Å². The first-order chi connectivity index (χ1) is 7.45. The Labute approximate surface area is 98.9 Å². The minimum Gasteiger partial charge on any atom is -0.378 e. The lowest BCUT2D eigenvalue weighted by atomic mass is 10.0. The molecule has 0 saturated heterocycles. The summed E-state index contributed by atoms with van der Waals surface area (Å²) >= 11 is 0. The van der Waals surface area contributed by atoms with Crippen molar-refractivity contribution < 1.29 is 9.53 Å². The Balaban J connectivity index is 3.88. The summed E-state index contributed by atoms with van der Waals surface area (Å²) in [5.41, 5.74) is 5.11. The maximum absolute atomic E-state index is 11.6. The van der Waals surface area contributed by atoms with Gasteiger partial charge in [0.1, 0.15) is 0 Å². The van der Waals surface area contributed by atoms with E-state index in [4.69, 9.17) is 10.5 Å². The van der Waals surface area contributed by atoms with E-state index < -0.39 is 0 Å².